The van der Waals surface area contributed by atoms with E-state index >= 15 is 0 Å². The Balaban J connectivity index is 1.71. The first-order chi connectivity index (χ1) is 10.6. The molecule has 0 unspecified atom stereocenters. The molecule has 1 heterocycles. The lowest BCUT2D eigenvalue weighted by Crippen LogP contribution is -2.34. The Kier molecular flexibility index (Phi) is 3.92. The molecular weight excluding hydrogens is 281 g/mol. The van der Waals surface area contributed by atoms with E-state index in [0.29, 0.717) is 13.1 Å². The maximum absolute atomic E-state index is 13.3. The summed E-state index contributed by atoms with van der Waals surface area (Å²) in [4.78, 5) is 13.9. The number of amides is 1. The fourth-order valence-corrected chi connectivity index (χ4v) is 2.62. The van der Waals surface area contributed by atoms with Crippen LogP contribution in [0.25, 0.3) is 6.08 Å². The Morgan fingerprint density at radius 1 is 1.18 bits per heavy atom. The summed E-state index contributed by atoms with van der Waals surface area (Å²) >= 11 is 0. The summed E-state index contributed by atoms with van der Waals surface area (Å²) in [5.74, 6) is -0.224. The van der Waals surface area contributed by atoms with Gasteiger partial charge in [0.1, 0.15) is 11.6 Å². The van der Waals surface area contributed by atoms with E-state index in [9.17, 15) is 14.3 Å². The average Bonchev–Trinajstić information content (AvgIpc) is 2.52. The van der Waals surface area contributed by atoms with Crippen LogP contribution in [0.5, 0.6) is 5.75 Å². The van der Waals surface area contributed by atoms with Crippen LogP contribution in [0.3, 0.4) is 0 Å². The van der Waals surface area contributed by atoms with E-state index in [4.69, 9.17) is 0 Å². The minimum atomic E-state index is -0.275. The van der Waals surface area contributed by atoms with Gasteiger partial charge in [-0.2, -0.15) is 0 Å². The van der Waals surface area contributed by atoms with Gasteiger partial charge < -0.3 is 10.0 Å². The van der Waals surface area contributed by atoms with Crippen LogP contribution in [-0.2, 0) is 17.8 Å². The molecule has 22 heavy (non-hydrogen) atoms. The number of phenols is 1. The summed E-state index contributed by atoms with van der Waals surface area (Å²) in [5.41, 5.74) is 2.73. The number of nitrogens with zero attached hydrogens (tertiary/aromatic N) is 1. The van der Waals surface area contributed by atoms with Crippen LogP contribution in [-0.4, -0.2) is 22.5 Å². The number of phenolic OH excluding ortho intramolecular Hbond substituents is 1. The van der Waals surface area contributed by atoms with E-state index in [1.165, 1.54) is 18.2 Å². The zero-order valence-corrected chi connectivity index (χ0v) is 12.0. The molecule has 3 nitrogen and oxygen atoms in total. The molecule has 0 aliphatic carbocycles. The molecule has 0 aromatic heterocycles. The number of hydrogen-bond donors (Lipinski definition) is 1. The number of benzene rings is 2. The van der Waals surface area contributed by atoms with Crippen LogP contribution in [0.2, 0.25) is 0 Å². The van der Waals surface area contributed by atoms with Crippen LogP contribution in [0.15, 0.2) is 48.5 Å². The van der Waals surface area contributed by atoms with Crippen molar-refractivity contribution in [3.63, 3.8) is 0 Å². The van der Waals surface area contributed by atoms with E-state index in [0.717, 1.165) is 23.1 Å². The van der Waals surface area contributed by atoms with Gasteiger partial charge in [0.15, 0.2) is 0 Å². The first-order valence-electron chi connectivity index (χ1n) is 7.15. The second kappa shape index (κ2) is 6.02. The number of halogens is 1. The van der Waals surface area contributed by atoms with Gasteiger partial charge in [-0.25, -0.2) is 4.39 Å². The Morgan fingerprint density at radius 3 is 2.86 bits per heavy atom. The van der Waals surface area contributed by atoms with Crippen molar-refractivity contribution in [1.82, 2.24) is 4.90 Å². The van der Waals surface area contributed by atoms with E-state index in [-0.39, 0.29) is 17.5 Å². The van der Waals surface area contributed by atoms with E-state index < -0.39 is 0 Å². The topological polar surface area (TPSA) is 40.5 Å². The minimum absolute atomic E-state index is 0.113. The smallest absolute Gasteiger partial charge is 0.246 e. The number of carbonyl (C=O) groups excluding carboxylic acids is 1. The van der Waals surface area contributed by atoms with Crippen LogP contribution < -0.4 is 0 Å². The standard InChI is InChI=1S/C18H16FNO2/c19-16-6-5-14-8-9-20(12-15(14)11-16)18(22)7-4-13-2-1-3-17(21)10-13/h1-7,10-11,21H,8-9,12H2/b7-4+. The van der Waals surface area contributed by atoms with Crippen molar-refractivity contribution in [3.8, 4) is 5.75 Å². The van der Waals surface area contributed by atoms with E-state index in [1.807, 2.05) is 6.07 Å². The third kappa shape index (κ3) is 3.17. The molecule has 0 spiro atoms. The van der Waals surface area contributed by atoms with Gasteiger partial charge in [-0.3, -0.25) is 4.79 Å². The summed E-state index contributed by atoms with van der Waals surface area (Å²) in [7, 11) is 0. The Morgan fingerprint density at radius 2 is 2.05 bits per heavy atom. The summed E-state index contributed by atoms with van der Waals surface area (Å²) in [6.07, 6.45) is 3.89. The highest BCUT2D eigenvalue weighted by molar-refractivity contribution is 5.92. The van der Waals surface area contributed by atoms with Gasteiger partial charge in [0.05, 0.1) is 0 Å². The fourth-order valence-electron chi connectivity index (χ4n) is 2.62. The summed E-state index contributed by atoms with van der Waals surface area (Å²) in [6, 6.07) is 11.4. The summed E-state index contributed by atoms with van der Waals surface area (Å²) in [5, 5.41) is 9.40. The van der Waals surface area contributed by atoms with Crippen LogP contribution >= 0.6 is 0 Å². The second-order valence-electron chi connectivity index (χ2n) is 5.35. The molecule has 0 fully saturated rings. The second-order valence-corrected chi connectivity index (χ2v) is 5.35. The van der Waals surface area contributed by atoms with Gasteiger partial charge in [0.2, 0.25) is 5.91 Å². The van der Waals surface area contributed by atoms with Gasteiger partial charge in [-0.05, 0) is 53.5 Å². The number of fused-ring (bicyclic) bond motifs is 1. The molecule has 2 aromatic rings. The Bertz CT molecular complexity index is 740. The molecule has 1 amide bonds. The van der Waals surface area contributed by atoms with Crippen molar-refractivity contribution in [2.75, 3.05) is 6.54 Å². The zero-order chi connectivity index (χ0) is 15.5. The number of rotatable bonds is 2. The van der Waals surface area contributed by atoms with E-state index in [2.05, 4.69) is 0 Å². The average molecular weight is 297 g/mol. The minimum Gasteiger partial charge on any atom is -0.508 e. The third-order valence-corrected chi connectivity index (χ3v) is 3.78. The third-order valence-electron chi connectivity index (χ3n) is 3.78. The highest BCUT2D eigenvalue weighted by Gasteiger charge is 2.19. The lowest BCUT2D eigenvalue weighted by Gasteiger charge is -2.28. The molecular formula is C18H16FNO2. The van der Waals surface area contributed by atoms with Crippen molar-refractivity contribution in [2.24, 2.45) is 0 Å². The summed E-state index contributed by atoms with van der Waals surface area (Å²) < 4.78 is 13.3. The maximum Gasteiger partial charge on any atom is 0.246 e. The molecule has 0 bridgehead atoms. The van der Waals surface area contributed by atoms with Gasteiger partial charge >= 0.3 is 0 Å². The van der Waals surface area contributed by atoms with Crippen molar-refractivity contribution >= 4 is 12.0 Å². The SMILES string of the molecule is O=C(/C=C/c1cccc(O)c1)N1CCc2ccc(F)cc2C1. The highest BCUT2D eigenvalue weighted by Crippen LogP contribution is 2.20. The maximum atomic E-state index is 13.3. The molecule has 2 aromatic carbocycles. The normalized spacial score (nSPS) is 14.1. The molecule has 0 saturated heterocycles. The molecule has 112 valence electrons. The molecule has 1 aliphatic heterocycles. The van der Waals surface area contributed by atoms with Gasteiger partial charge in [-0.15, -0.1) is 0 Å². The lowest BCUT2D eigenvalue weighted by molar-refractivity contribution is -0.126. The van der Waals surface area contributed by atoms with Gasteiger partial charge in [0, 0.05) is 19.2 Å². The quantitative estimate of drug-likeness (QED) is 0.865. The van der Waals surface area contributed by atoms with Crippen LogP contribution in [0.1, 0.15) is 16.7 Å². The van der Waals surface area contributed by atoms with E-state index in [1.54, 1.807) is 35.2 Å². The number of aromatic hydroxyl groups is 1. The van der Waals surface area contributed by atoms with Crippen LogP contribution in [0, 0.1) is 5.82 Å². The van der Waals surface area contributed by atoms with Crippen molar-refractivity contribution < 1.29 is 14.3 Å². The van der Waals surface area contributed by atoms with Crippen molar-refractivity contribution in [3.05, 3.63) is 71.0 Å². The molecule has 0 saturated carbocycles. The van der Waals surface area contributed by atoms with Crippen LogP contribution in [0.4, 0.5) is 4.39 Å². The Hall–Kier alpha value is -2.62. The highest BCUT2D eigenvalue weighted by atomic mass is 19.1. The van der Waals surface area contributed by atoms with Gasteiger partial charge in [0.25, 0.3) is 0 Å². The molecule has 0 radical (unpaired) electrons. The Labute approximate surface area is 128 Å². The predicted octanol–water partition coefficient (Wildman–Crippen LogP) is 3.13. The number of hydrogen-bond acceptors (Lipinski definition) is 2. The number of carbonyl (C=O) groups is 1. The first-order valence-corrected chi connectivity index (χ1v) is 7.15. The molecule has 1 N–H and O–H groups in total. The molecule has 0 atom stereocenters. The fraction of sp³-hybridized carbons (Fsp3) is 0.167. The first kappa shape index (κ1) is 14.3. The zero-order valence-electron chi connectivity index (χ0n) is 12.0. The largest absolute Gasteiger partial charge is 0.508 e. The predicted molar refractivity (Wildman–Crippen MR) is 82.7 cm³/mol. The van der Waals surface area contributed by atoms with Gasteiger partial charge in [-0.1, -0.05) is 18.2 Å². The summed E-state index contributed by atoms with van der Waals surface area (Å²) in [6.45, 7) is 1.05. The molecule has 1 aliphatic rings. The van der Waals surface area contributed by atoms with Crippen molar-refractivity contribution in [1.29, 1.82) is 0 Å². The molecule has 3 rings (SSSR count). The molecule has 4 heteroatoms. The lowest BCUT2D eigenvalue weighted by atomic mass is 9.99. The van der Waals surface area contributed by atoms with Crippen molar-refractivity contribution in [2.45, 2.75) is 13.0 Å². The monoisotopic (exact) mass is 297 g/mol.